The van der Waals surface area contributed by atoms with E-state index in [4.69, 9.17) is 23.5 Å². The van der Waals surface area contributed by atoms with E-state index in [-0.39, 0.29) is 42.7 Å². The maximum atomic E-state index is 14.9. The molecule has 9 unspecified atom stereocenters. The molecule has 230 valence electrons. The van der Waals surface area contributed by atoms with Crippen molar-refractivity contribution in [1.82, 2.24) is 0 Å². The first-order chi connectivity index (χ1) is 19.1. The minimum atomic E-state index is -6.28. The quantitative estimate of drug-likeness (QED) is 0.255. The molecule has 0 amide bonds. The summed E-state index contributed by atoms with van der Waals surface area (Å²) >= 11 is 0. The topological polar surface area (TPSA) is 108 Å². The number of ether oxygens (including phenoxy) is 4. The zero-order chi connectivity index (χ0) is 29.0. The third-order valence-electron chi connectivity index (χ3n) is 12.4. The van der Waals surface area contributed by atoms with Crippen molar-refractivity contribution in [2.45, 2.75) is 112 Å². The summed E-state index contributed by atoms with van der Waals surface area (Å²) in [6.07, 6.45) is 6.48. The van der Waals surface area contributed by atoms with Crippen molar-refractivity contribution in [2.75, 3.05) is 6.61 Å². The van der Waals surface area contributed by atoms with Gasteiger partial charge >= 0.3 is 27.3 Å². The Morgan fingerprint density at radius 1 is 0.951 bits per heavy atom. The van der Waals surface area contributed by atoms with E-state index < -0.39 is 68.2 Å². The molecule has 0 radical (unpaired) electrons. The molecular formula is C28H36F4O8S. The lowest BCUT2D eigenvalue weighted by Gasteiger charge is -2.62. The first kappa shape index (κ1) is 27.5. The van der Waals surface area contributed by atoms with Crippen molar-refractivity contribution in [3.8, 4) is 0 Å². The van der Waals surface area contributed by atoms with Crippen molar-refractivity contribution in [3.05, 3.63) is 0 Å². The van der Waals surface area contributed by atoms with Crippen LogP contribution in [0.4, 0.5) is 17.6 Å². The summed E-state index contributed by atoms with van der Waals surface area (Å²) in [4.78, 5) is 12.7. The first-order valence-electron chi connectivity index (χ1n) is 15.0. The van der Waals surface area contributed by atoms with Crippen LogP contribution >= 0.6 is 0 Å². The summed E-state index contributed by atoms with van der Waals surface area (Å²) in [7, 11) is -6.28. The minimum Gasteiger partial charge on any atom is -0.458 e. The number of hydrogen-bond donors (Lipinski definition) is 1. The summed E-state index contributed by atoms with van der Waals surface area (Å²) in [5.74, 6) is -9.41. The van der Waals surface area contributed by atoms with Gasteiger partial charge in [0.25, 0.3) is 0 Å². The molecule has 0 aromatic rings. The maximum Gasteiger partial charge on any atom is 0.431 e. The molecular weight excluding hydrogens is 572 g/mol. The predicted octanol–water partition coefficient (Wildman–Crippen LogP) is 4.57. The van der Waals surface area contributed by atoms with Crippen LogP contribution in [0, 0.1) is 47.3 Å². The Morgan fingerprint density at radius 3 is 2.22 bits per heavy atom. The fourth-order valence-corrected chi connectivity index (χ4v) is 11.5. The van der Waals surface area contributed by atoms with Gasteiger partial charge in [0.2, 0.25) is 0 Å². The van der Waals surface area contributed by atoms with Gasteiger partial charge in [-0.1, -0.05) is 0 Å². The Labute approximate surface area is 235 Å². The SMILES string of the molecule is CC1(OC(=O)COC23CC4CC(C2)C2(OC5C6CC(C(F)(F)C(F)(F)S(=O)(=O)O)C7C6C7C5O2)C(C4)C3)CCCC1. The molecule has 4 bridgehead atoms. The van der Waals surface area contributed by atoms with Crippen molar-refractivity contribution in [2.24, 2.45) is 47.3 Å². The Kier molecular flexibility index (Phi) is 5.48. The highest BCUT2D eigenvalue weighted by atomic mass is 32.2. The Morgan fingerprint density at radius 2 is 1.59 bits per heavy atom. The highest BCUT2D eigenvalue weighted by Crippen LogP contribution is 2.78. The molecule has 13 heteroatoms. The second-order valence-corrected chi connectivity index (χ2v) is 16.1. The fourth-order valence-electron chi connectivity index (χ4n) is 11.0. The summed E-state index contributed by atoms with van der Waals surface area (Å²) in [6, 6.07) is 0. The highest BCUT2D eigenvalue weighted by molar-refractivity contribution is 7.87. The number of carbonyl (C=O) groups excluding carboxylic acids is 1. The molecule has 9 rings (SSSR count). The molecule has 1 aliphatic heterocycles. The van der Waals surface area contributed by atoms with Gasteiger partial charge in [0.05, 0.1) is 17.8 Å². The Hall–Kier alpha value is -1.02. The first-order valence-corrected chi connectivity index (χ1v) is 16.5. The van der Waals surface area contributed by atoms with Crippen LogP contribution < -0.4 is 0 Å². The van der Waals surface area contributed by atoms with Gasteiger partial charge in [0.15, 0.2) is 5.79 Å². The van der Waals surface area contributed by atoms with Gasteiger partial charge in [0, 0.05) is 17.8 Å². The van der Waals surface area contributed by atoms with E-state index in [9.17, 15) is 30.8 Å². The lowest BCUT2D eigenvalue weighted by atomic mass is 9.51. The van der Waals surface area contributed by atoms with Crippen LogP contribution in [0.3, 0.4) is 0 Å². The summed E-state index contributed by atoms with van der Waals surface area (Å²) in [6.45, 7) is 1.87. The highest BCUT2D eigenvalue weighted by Gasteiger charge is 2.84. The van der Waals surface area contributed by atoms with Gasteiger partial charge in [-0.15, -0.1) is 0 Å². The van der Waals surface area contributed by atoms with Crippen LogP contribution in [0.1, 0.15) is 71.1 Å². The van der Waals surface area contributed by atoms with E-state index >= 15 is 0 Å². The van der Waals surface area contributed by atoms with Gasteiger partial charge in [0.1, 0.15) is 12.2 Å². The van der Waals surface area contributed by atoms with Crippen LogP contribution in [0.5, 0.6) is 0 Å². The van der Waals surface area contributed by atoms with E-state index in [1.165, 1.54) is 0 Å². The van der Waals surface area contributed by atoms with Crippen molar-refractivity contribution in [3.63, 3.8) is 0 Å². The van der Waals surface area contributed by atoms with Gasteiger partial charge in [-0.3, -0.25) is 4.55 Å². The van der Waals surface area contributed by atoms with Crippen LogP contribution in [0.15, 0.2) is 0 Å². The van der Waals surface area contributed by atoms with Gasteiger partial charge in [-0.25, -0.2) is 4.79 Å². The smallest absolute Gasteiger partial charge is 0.431 e. The Balaban J connectivity index is 0.960. The lowest BCUT2D eigenvalue weighted by molar-refractivity contribution is -0.331. The zero-order valence-electron chi connectivity index (χ0n) is 22.8. The van der Waals surface area contributed by atoms with E-state index in [2.05, 4.69) is 0 Å². The molecule has 9 atom stereocenters. The number of rotatable bonds is 7. The number of halogens is 4. The van der Waals surface area contributed by atoms with E-state index in [0.717, 1.165) is 44.9 Å². The minimum absolute atomic E-state index is 0.0135. The lowest BCUT2D eigenvalue weighted by Crippen LogP contribution is -2.65. The van der Waals surface area contributed by atoms with E-state index in [1.807, 2.05) is 6.92 Å². The van der Waals surface area contributed by atoms with Gasteiger partial charge in [-0.05, 0) is 101 Å². The van der Waals surface area contributed by atoms with Crippen molar-refractivity contribution in [1.29, 1.82) is 0 Å². The standard InChI is InChI=1S/C28H36F4O8S/c1-24(4-2-3-5-24)38-18(33)12-37-25-9-13-6-14(10-25)26(15(7-13)11-25)39-22-16-8-17(20-19(16)21(20)23(22)40-26)27(29,30)28(31,32)41(34,35)36/h13-17,19-23H,2-12H2,1H3,(H,34,35,36). The maximum absolute atomic E-state index is 14.9. The molecule has 1 N–H and O–H groups in total. The molecule has 1 spiro atoms. The number of hydrogen-bond acceptors (Lipinski definition) is 7. The van der Waals surface area contributed by atoms with Crippen LogP contribution in [-0.4, -0.2) is 65.9 Å². The Bertz CT molecular complexity index is 1240. The van der Waals surface area contributed by atoms with Crippen LogP contribution in [0.2, 0.25) is 0 Å². The van der Waals surface area contributed by atoms with E-state index in [0.29, 0.717) is 18.8 Å². The molecule has 9 aliphatic rings. The van der Waals surface area contributed by atoms with Crippen LogP contribution in [-0.2, 0) is 33.9 Å². The molecule has 1 saturated heterocycles. The zero-order valence-corrected chi connectivity index (χ0v) is 23.6. The largest absolute Gasteiger partial charge is 0.458 e. The summed E-state index contributed by atoms with van der Waals surface area (Å²) < 4.78 is 115. The fraction of sp³-hybridized carbons (Fsp3) is 0.964. The normalized spacial score (nSPS) is 50.4. The third kappa shape index (κ3) is 3.58. The molecule has 8 saturated carbocycles. The second-order valence-electron chi connectivity index (χ2n) is 14.7. The number of alkyl halides is 4. The molecule has 8 nitrogen and oxygen atoms in total. The number of fused-ring (bicyclic) bond motifs is 4. The summed E-state index contributed by atoms with van der Waals surface area (Å²) in [5.41, 5.74) is -0.877. The second kappa shape index (κ2) is 8.17. The average Bonchev–Trinajstić information content (AvgIpc) is 3.21. The number of esters is 1. The van der Waals surface area contributed by atoms with Crippen molar-refractivity contribution < 1.29 is 54.3 Å². The van der Waals surface area contributed by atoms with Crippen molar-refractivity contribution >= 4 is 16.1 Å². The summed E-state index contributed by atoms with van der Waals surface area (Å²) in [5, 5.41) is -5.56. The predicted molar refractivity (Wildman–Crippen MR) is 131 cm³/mol. The van der Waals surface area contributed by atoms with E-state index in [1.54, 1.807) is 0 Å². The molecule has 0 aromatic carbocycles. The average molecular weight is 609 g/mol. The molecule has 8 aliphatic carbocycles. The molecule has 9 fully saturated rings. The van der Waals surface area contributed by atoms with Gasteiger partial charge in [-0.2, -0.15) is 26.0 Å². The number of carbonyl (C=O) groups is 1. The molecule has 41 heavy (non-hydrogen) atoms. The third-order valence-corrected chi connectivity index (χ3v) is 13.3. The molecule has 1 heterocycles. The van der Waals surface area contributed by atoms with Gasteiger partial charge < -0.3 is 18.9 Å². The van der Waals surface area contributed by atoms with Crippen LogP contribution in [0.25, 0.3) is 0 Å². The monoisotopic (exact) mass is 608 g/mol. The molecule has 0 aromatic heterocycles.